The minimum atomic E-state index is 0.352. The third-order valence-electron chi connectivity index (χ3n) is 7.48. The van der Waals surface area contributed by atoms with Crippen molar-refractivity contribution in [3.63, 3.8) is 0 Å². The largest absolute Gasteiger partial charge is 0.343 e. The first-order chi connectivity index (χ1) is 12.0. The molecule has 3 saturated heterocycles. The standard InChI is InChI=1S/C21H37N3O/c1-4-20(25)22-7-5-21(6-8-22)10-17(11-21)13-24-15-18-9-19(24)14-23(18)12-16(2)3/h16-19H,4-15H2,1-3H3. The normalized spacial score (nSPS) is 32.7. The highest BCUT2D eigenvalue weighted by Gasteiger charge is 2.49. The van der Waals surface area contributed by atoms with Gasteiger partial charge in [-0.25, -0.2) is 0 Å². The Labute approximate surface area is 153 Å². The van der Waals surface area contributed by atoms with Crippen molar-refractivity contribution in [2.45, 2.75) is 71.4 Å². The van der Waals surface area contributed by atoms with Crippen molar-refractivity contribution < 1.29 is 4.79 Å². The zero-order chi connectivity index (χ0) is 17.6. The minimum absolute atomic E-state index is 0.352. The molecule has 3 heterocycles. The van der Waals surface area contributed by atoms with E-state index in [0.717, 1.165) is 37.0 Å². The smallest absolute Gasteiger partial charge is 0.222 e. The fourth-order valence-corrected chi connectivity index (χ4v) is 6.24. The summed E-state index contributed by atoms with van der Waals surface area (Å²) in [6, 6.07) is 1.68. The van der Waals surface area contributed by atoms with Gasteiger partial charge < -0.3 is 4.90 Å². The number of piperidine rings is 1. The molecule has 0 N–H and O–H groups in total. The molecule has 4 heteroatoms. The highest BCUT2D eigenvalue weighted by atomic mass is 16.2. The second-order valence-corrected chi connectivity index (χ2v) is 9.85. The molecule has 0 aromatic rings. The molecule has 0 aromatic carbocycles. The minimum Gasteiger partial charge on any atom is -0.343 e. The number of hydrogen-bond donors (Lipinski definition) is 0. The SMILES string of the molecule is CCC(=O)N1CCC2(CC1)CC(CN1CC3CC1CN3CC(C)C)C2. The number of piperazine rings is 1. The molecule has 0 radical (unpaired) electrons. The molecule has 1 spiro atoms. The summed E-state index contributed by atoms with van der Waals surface area (Å²) in [7, 11) is 0. The summed E-state index contributed by atoms with van der Waals surface area (Å²) >= 11 is 0. The van der Waals surface area contributed by atoms with E-state index in [2.05, 4.69) is 28.5 Å². The Bertz CT molecular complexity index is 489. The van der Waals surface area contributed by atoms with Crippen LogP contribution in [0.15, 0.2) is 0 Å². The van der Waals surface area contributed by atoms with Crippen LogP contribution >= 0.6 is 0 Å². The Balaban J connectivity index is 1.20. The Morgan fingerprint density at radius 2 is 1.72 bits per heavy atom. The van der Waals surface area contributed by atoms with Gasteiger partial charge in [0.05, 0.1) is 0 Å². The van der Waals surface area contributed by atoms with Gasteiger partial charge in [0.2, 0.25) is 5.91 Å². The average Bonchev–Trinajstić information content (AvgIpc) is 3.12. The fourth-order valence-electron chi connectivity index (χ4n) is 6.24. The topological polar surface area (TPSA) is 26.8 Å². The van der Waals surface area contributed by atoms with E-state index >= 15 is 0 Å². The first kappa shape index (κ1) is 17.8. The van der Waals surface area contributed by atoms with Crippen LogP contribution in [0.1, 0.15) is 59.3 Å². The van der Waals surface area contributed by atoms with Crippen molar-refractivity contribution in [1.82, 2.24) is 14.7 Å². The van der Waals surface area contributed by atoms with E-state index in [1.54, 1.807) is 0 Å². The van der Waals surface area contributed by atoms with Gasteiger partial charge in [-0.2, -0.15) is 0 Å². The van der Waals surface area contributed by atoms with E-state index in [4.69, 9.17) is 0 Å². The van der Waals surface area contributed by atoms with Gasteiger partial charge in [-0.1, -0.05) is 20.8 Å². The van der Waals surface area contributed by atoms with Gasteiger partial charge in [0.1, 0.15) is 0 Å². The van der Waals surface area contributed by atoms with Crippen LogP contribution in [0.4, 0.5) is 0 Å². The molecule has 4 fully saturated rings. The lowest BCUT2D eigenvalue weighted by atomic mass is 9.57. The molecule has 2 unspecified atom stereocenters. The molecule has 4 nitrogen and oxygen atoms in total. The predicted molar refractivity (Wildman–Crippen MR) is 101 cm³/mol. The van der Waals surface area contributed by atoms with Crippen molar-refractivity contribution in [2.75, 3.05) is 39.3 Å². The van der Waals surface area contributed by atoms with Crippen molar-refractivity contribution in [3.05, 3.63) is 0 Å². The number of carbonyl (C=O) groups is 1. The third kappa shape index (κ3) is 3.49. The number of rotatable bonds is 5. The molecule has 25 heavy (non-hydrogen) atoms. The zero-order valence-electron chi connectivity index (χ0n) is 16.5. The van der Waals surface area contributed by atoms with Crippen LogP contribution in [-0.4, -0.2) is 72.0 Å². The highest BCUT2D eigenvalue weighted by Crippen LogP contribution is 2.53. The number of hydrogen-bond acceptors (Lipinski definition) is 3. The maximum absolute atomic E-state index is 11.9. The van der Waals surface area contributed by atoms with Crippen LogP contribution in [-0.2, 0) is 4.79 Å². The number of fused-ring (bicyclic) bond motifs is 2. The molecule has 1 aliphatic carbocycles. The molecule has 4 aliphatic rings. The Morgan fingerprint density at radius 1 is 1.08 bits per heavy atom. The molecule has 2 atom stereocenters. The summed E-state index contributed by atoms with van der Waals surface area (Å²) in [5.41, 5.74) is 0.595. The lowest BCUT2D eigenvalue weighted by molar-refractivity contribution is -0.135. The monoisotopic (exact) mass is 347 g/mol. The first-order valence-corrected chi connectivity index (χ1v) is 10.7. The van der Waals surface area contributed by atoms with Gasteiger partial charge in [0, 0.05) is 57.8 Å². The summed E-state index contributed by atoms with van der Waals surface area (Å²) in [6.07, 6.45) is 7.43. The summed E-state index contributed by atoms with van der Waals surface area (Å²) in [5.74, 6) is 2.07. The summed E-state index contributed by atoms with van der Waals surface area (Å²) in [5, 5.41) is 0. The van der Waals surface area contributed by atoms with E-state index in [1.165, 1.54) is 58.3 Å². The van der Waals surface area contributed by atoms with Crippen LogP contribution in [0.5, 0.6) is 0 Å². The molecular weight excluding hydrogens is 310 g/mol. The fraction of sp³-hybridized carbons (Fsp3) is 0.952. The molecule has 3 aliphatic heterocycles. The van der Waals surface area contributed by atoms with Gasteiger partial charge in [-0.3, -0.25) is 14.6 Å². The number of nitrogens with zero attached hydrogens (tertiary/aromatic N) is 3. The van der Waals surface area contributed by atoms with Crippen molar-refractivity contribution in [2.24, 2.45) is 17.3 Å². The summed E-state index contributed by atoms with van der Waals surface area (Å²) < 4.78 is 0. The Kier molecular flexibility index (Phi) is 4.87. The molecule has 142 valence electrons. The molecule has 2 bridgehead atoms. The quantitative estimate of drug-likeness (QED) is 0.765. The van der Waals surface area contributed by atoms with E-state index in [-0.39, 0.29) is 0 Å². The number of carbonyl (C=O) groups excluding carboxylic acids is 1. The Hall–Kier alpha value is -0.610. The van der Waals surface area contributed by atoms with E-state index < -0.39 is 0 Å². The third-order valence-corrected chi connectivity index (χ3v) is 7.48. The van der Waals surface area contributed by atoms with Crippen LogP contribution < -0.4 is 0 Å². The summed E-state index contributed by atoms with van der Waals surface area (Å²) in [6.45, 7) is 14.0. The number of amides is 1. The van der Waals surface area contributed by atoms with E-state index in [9.17, 15) is 4.79 Å². The van der Waals surface area contributed by atoms with Crippen LogP contribution in [0.25, 0.3) is 0 Å². The van der Waals surface area contributed by atoms with Crippen LogP contribution in [0, 0.1) is 17.3 Å². The molecule has 1 saturated carbocycles. The van der Waals surface area contributed by atoms with Crippen molar-refractivity contribution >= 4 is 5.91 Å². The number of likely N-dealkylation sites (tertiary alicyclic amines) is 3. The highest BCUT2D eigenvalue weighted by molar-refractivity contribution is 5.75. The lowest BCUT2D eigenvalue weighted by Crippen LogP contribution is -2.53. The molecular formula is C21H37N3O. The predicted octanol–water partition coefficient (Wildman–Crippen LogP) is 2.83. The van der Waals surface area contributed by atoms with E-state index in [0.29, 0.717) is 17.7 Å². The second-order valence-electron chi connectivity index (χ2n) is 9.85. The maximum atomic E-state index is 11.9. The van der Waals surface area contributed by atoms with Gasteiger partial charge >= 0.3 is 0 Å². The van der Waals surface area contributed by atoms with E-state index in [1.807, 2.05) is 6.92 Å². The van der Waals surface area contributed by atoms with Gasteiger partial charge in [0.25, 0.3) is 0 Å². The van der Waals surface area contributed by atoms with Crippen LogP contribution in [0.2, 0.25) is 0 Å². The Morgan fingerprint density at radius 3 is 2.28 bits per heavy atom. The lowest BCUT2D eigenvalue weighted by Gasteiger charge is -2.53. The van der Waals surface area contributed by atoms with Gasteiger partial charge in [-0.05, 0) is 49.4 Å². The van der Waals surface area contributed by atoms with Gasteiger partial charge in [0.15, 0.2) is 0 Å². The first-order valence-electron chi connectivity index (χ1n) is 10.7. The van der Waals surface area contributed by atoms with Crippen LogP contribution in [0.3, 0.4) is 0 Å². The molecule has 4 rings (SSSR count). The zero-order valence-corrected chi connectivity index (χ0v) is 16.5. The van der Waals surface area contributed by atoms with Crippen molar-refractivity contribution in [1.29, 1.82) is 0 Å². The average molecular weight is 348 g/mol. The second kappa shape index (κ2) is 6.84. The maximum Gasteiger partial charge on any atom is 0.222 e. The molecule has 0 aromatic heterocycles. The molecule has 1 amide bonds. The van der Waals surface area contributed by atoms with Gasteiger partial charge in [-0.15, -0.1) is 0 Å². The van der Waals surface area contributed by atoms with Crippen molar-refractivity contribution in [3.8, 4) is 0 Å². The summed E-state index contributed by atoms with van der Waals surface area (Å²) in [4.78, 5) is 19.5.